The summed E-state index contributed by atoms with van der Waals surface area (Å²) in [4.78, 5) is 7.16. The molecule has 124 valence electrons. The maximum atomic E-state index is 4.75. The van der Waals surface area contributed by atoms with Crippen molar-refractivity contribution >= 4 is 5.96 Å². The van der Waals surface area contributed by atoms with E-state index in [0.717, 1.165) is 43.3 Å². The van der Waals surface area contributed by atoms with Gasteiger partial charge in [-0.2, -0.15) is 0 Å². The van der Waals surface area contributed by atoms with Gasteiger partial charge in [-0.1, -0.05) is 26.7 Å². The van der Waals surface area contributed by atoms with Gasteiger partial charge in [0, 0.05) is 26.7 Å². The molecule has 1 N–H and O–H groups in total. The Hall–Kier alpha value is -1.59. The smallest absolute Gasteiger partial charge is 0.194 e. The Morgan fingerprint density at radius 3 is 2.77 bits per heavy atom. The molecular formula is C16H30N6. The molecule has 0 saturated carbocycles. The summed E-state index contributed by atoms with van der Waals surface area (Å²) in [5, 5.41) is 11.4. The Labute approximate surface area is 134 Å². The zero-order valence-corrected chi connectivity index (χ0v) is 14.4. The summed E-state index contributed by atoms with van der Waals surface area (Å²) in [6, 6.07) is 0. The van der Waals surface area contributed by atoms with Gasteiger partial charge >= 0.3 is 0 Å². The fraction of sp³-hybridized carbons (Fsp3) is 0.812. The number of aliphatic imine (C=N–C) groups is 1. The predicted octanol–water partition coefficient (Wildman–Crippen LogP) is 2.04. The van der Waals surface area contributed by atoms with E-state index in [0.29, 0.717) is 6.54 Å². The van der Waals surface area contributed by atoms with Crippen LogP contribution in [-0.4, -0.2) is 45.3 Å². The van der Waals surface area contributed by atoms with Crippen LogP contribution in [0, 0.1) is 11.8 Å². The lowest BCUT2D eigenvalue weighted by Crippen LogP contribution is -2.40. The third-order valence-corrected chi connectivity index (χ3v) is 4.75. The van der Waals surface area contributed by atoms with Gasteiger partial charge in [0.25, 0.3) is 0 Å². The summed E-state index contributed by atoms with van der Waals surface area (Å²) in [5.41, 5.74) is 0. The fourth-order valence-electron chi connectivity index (χ4n) is 3.34. The summed E-state index contributed by atoms with van der Waals surface area (Å²) in [6.45, 7) is 10.4. The molecule has 2 rings (SSSR count). The van der Waals surface area contributed by atoms with Crippen molar-refractivity contribution in [2.24, 2.45) is 23.9 Å². The van der Waals surface area contributed by atoms with Gasteiger partial charge in [-0.15, -0.1) is 10.2 Å². The molecule has 1 aliphatic rings. The highest BCUT2D eigenvalue weighted by molar-refractivity contribution is 5.80. The van der Waals surface area contributed by atoms with E-state index in [9.17, 15) is 0 Å². The number of rotatable bonds is 6. The molecule has 22 heavy (non-hydrogen) atoms. The van der Waals surface area contributed by atoms with Gasteiger partial charge in [-0.25, -0.2) is 4.99 Å². The van der Waals surface area contributed by atoms with Crippen molar-refractivity contribution in [3.63, 3.8) is 0 Å². The Morgan fingerprint density at radius 1 is 1.41 bits per heavy atom. The van der Waals surface area contributed by atoms with Crippen molar-refractivity contribution in [3.8, 4) is 0 Å². The summed E-state index contributed by atoms with van der Waals surface area (Å²) < 4.78 is 1.92. The lowest BCUT2D eigenvalue weighted by atomic mass is 9.87. The van der Waals surface area contributed by atoms with Gasteiger partial charge in [0.2, 0.25) is 0 Å². The first-order valence-electron chi connectivity index (χ1n) is 8.55. The van der Waals surface area contributed by atoms with E-state index < -0.39 is 0 Å². The van der Waals surface area contributed by atoms with Crippen molar-refractivity contribution in [3.05, 3.63) is 12.2 Å². The van der Waals surface area contributed by atoms with E-state index >= 15 is 0 Å². The van der Waals surface area contributed by atoms with Crippen LogP contribution in [0.3, 0.4) is 0 Å². The maximum Gasteiger partial charge on any atom is 0.194 e. The second-order valence-corrected chi connectivity index (χ2v) is 6.10. The zero-order chi connectivity index (χ0) is 15.9. The number of aromatic nitrogens is 3. The molecule has 1 saturated heterocycles. The molecule has 0 spiro atoms. The lowest BCUT2D eigenvalue weighted by Gasteiger charge is -2.24. The topological polar surface area (TPSA) is 58.3 Å². The van der Waals surface area contributed by atoms with E-state index in [4.69, 9.17) is 4.99 Å². The molecule has 1 unspecified atom stereocenters. The third-order valence-electron chi connectivity index (χ3n) is 4.75. The second kappa shape index (κ2) is 8.15. The molecule has 1 fully saturated rings. The number of likely N-dealkylation sites (tertiary alicyclic amines) is 1. The van der Waals surface area contributed by atoms with Crippen molar-refractivity contribution in [2.75, 3.05) is 19.6 Å². The van der Waals surface area contributed by atoms with Gasteiger partial charge in [0.1, 0.15) is 12.9 Å². The fourth-order valence-corrected chi connectivity index (χ4v) is 3.34. The van der Waals surface area contributed by atoms with Crippen LogP contribution >= 0.6 is 0 Å². The Morgan fingerprint density at radius 2 is 2.18 bits per heavy atom. The SMILES string of the molecule is CCNC(=NCc1nncn1C)N1CCC(C(CC)CC)C1. The molecule has 0 radical (unpaired) electrons. The molecule has 6 heteroatoms. The molecule has 1 aliphatic heterocycles. The molecule has 6 nitrogen and oxygen atoms in total. The van der Waals surface area contributed by atoms with Crippen LogP contribution in [-0.2, 0) is 13.6 Å². The van der Waals surface area contributed by atoms with Crippen LogP contribution < -0.4 is 5.32 Å². The standard InChI is InChI=1S/C16H30N6/c1-5-13(6-2)14-8-9-22(11-14)16(17-7-3)18-10-15-20-19-12-21(15)4/h12-14H,5-11H2,1-4H3,(H,17,18). The minimum absolute atomic E-state index is 0.574. The normalized spacial score (nSPS) is 19.2. The molecule has 1 aromatic heterocycles. The first-order valence-corrected chi connectivity index (χ1v) is 8.55. The highest BCUT2D eigenvalue weighted by Gasteiger charge is 2.29. The number of aryl methyl sites for hydroxylation is 1. The first kappa shape index (κ1) is 16.8. The van der Waals surface area contributed by atoms with E-state index in [1.54, 1.807) is 6.33 Å². The molecule has 0 amide bonds. The molecular weight excluding hydrogens is 276 g/mol. The maximum absolute atomic E-state index is 4.75. The largest absolute Gasteiger partial charge is 0.357 e. The molecule has 1 atom stereocenters. The van der Waals surface area contributed by atoms with Crippen LogP contribution in [0.2, 0.25) is 0 Å². The van der Waals surface area contributed by atoms with Crippen molar-refractivity contribution in [2.45, 2.75) is 46.6 Å². The molecule has 2 heterocycles. The minimum atomic E-state index is 0.574. The van der Waals surface area contributed by atoms with Gasteiger partial charge in [-0.05, 0) is 25.2 Å². The Balaban J connectivity index is 2.01. The highest BCUT2D eigenvalue weighted by atomic mass is 15.3. The van der Waals surface area contributed by atoms with Crippen LogP contribution in [0.15, 0.2) is 11.3 Å². The van der Waals surface area contributed by atoms with E-state index in [2.05, 4.69) is 41.2 Å². The Kier molecular flexibility index (Phi) is 6.21. The van der Waals surface area contributed by atoms with Gasteiger partial charge in [-0.3, -0.25) is 0 Å². The number of guanidine groups is 1. The van der Waals surface area contributed by atoms with Gasteiger partial charge in [0.05, 0.1) is 0 Å². The van der Waals surface area contributed by atoms with Crippen molar-refractivity contribution in [1.82, 2.24) is 25.0 Å². The average Bonchev–Trinajstić information content (AvgIpc) is 3.15. The van der Waals surface area contributed by atoms with Crippen LogP contribution in [0.4, 0.5) is 0 Å². The number of hydrogen-bond donors (Lipinski definition) is 1. The zero-order valence-electron chi connectivity index (χ0n) is 14.4. The summed E-state index contributed by atoms with van der Waals surface area (Å²) in [7, 11) is 1.96. The minimum Gasteiger partial charge on any atom is -0.357 e. The summed E-state index contributed by atoms with van der Waals surface area (Å²) in [6.07, 6.45) is 5.56. The van der Waals surface area contributed by atoms with Crippen LogP contribution in [0.1, 0.15) is 45.9 Å². The second-order valence-electron chi connectivity index (χ2n) is 6.10. The number of nitrogens with zero attached hydrogens (tertiary/aromatic N) is 5. The number of nitrogens with one attached hydrogen (secondary N) is 1. The average molecular weight is 306 g/mol. The highest BCUT2D eigenvalue weighted by Crippen LogP contribution is 2.28. The van der Waals surface area contributed by atoms with Crippen molar-refractivity contribution in [1.29, 1.82) is 0 Å². The van der Waals surface area contributed by atoms with Crippen molar-refractivity contribution < 1.29 is 0 Å². The van der Waals surface area contributed by atoms with E-state index in [1.165, 1.54) is 19.3 Å². The third kappa shape index (κ3) is 3.99. The summed E-state index contributed by atoms with van der Waals surface area (Å²) >= 11 is 0. The van der Waals surface area contributed by atoms with Gasteiger partial charge < -0.3 is 14.8 Å². The Bertz CT molecular complexity index is 477. The molecule has 0 bridgehead atoms. The van der Waals surface area contributed by atoms with E-state index in [1.807, 2.05) is 11.6 Å². The predicted molar refractivity (Wildman–Crippen MR) is 89.6 cm³/mol. The van der Waals surface area contributed by atoms with Crippen LogP contribution in [0.25, 0.3) is 0 Å². The van der Waals surface area contributed by atoms with E-state index in [-0.39, 0.29) is 0 Å². The molecule has 1 aromatic rings. The summed E-state index contributed by atoms with van der Waals surface area (Å²) in [5.74, 6) is 3.55. The lowest BCUT2D eigenvalue weighted by molar-refractivity contribution is 0.319. The monoisotopic (exact) mass is 306 g/mol. The molecule has 0 aromatic carbocycles. The molecule has 0 aliphatic carbocycles. The van der Waals surface area contributed by atoms with Gasteiger partial charge in [0.15, 0.2) is 11.8 Å². The first-order chi connectivity index (χ1) is 10.7. The quantitative estimate of drug-likeness (QED) is 0.645. The van der Waals surface area contributed by atoms with Crippen LogP contribution in [0.5, 0.6) is 0 Å². The number of hydrogen-bond acceptors (Lipinski definition) is 3.